The van der Waals surface area contributed by atoms with E-state index in [4.69, 9.17) is 5.11 Å². The second-order valence-electron chi connectivity index (χ2n) is 3.83. The molecule has 2 N–H and O–H groups in total. The third-order valence-corrected chi connectivity index (χ3v) is 1.73. The Hall–Kier alpha value is -0.760. The van der Waals surface area contributed by atoms with Crippen molar-refractivity contribution in [1.82, 2.24) is 4.98 Å². The topological polar surface area (TPSA) is 36.0 Å². The molecule has 0 aliphatic rings. The predicted molar refractivity (Wildman–Crippen MR) is 45.4 cm³/mol. The highest BCUT2D eigenvalue weighted by molar-refractivity contribution is 5.21. The fourth-order valence-corrected chi connectivity index (χ4v) is 0.963. The van der Waals surface area contributed by atoms with Gasteiger partial charge in [-0.05, 0) is 11.6 Å². The molecule has 2 heteroatoms. The zero-order chi connectivity index (χ0) is 8.48. The zero-order valence-electron chi connectivity index (χ0n) is 7.31. The van der Waals surface area contributed by atoms with Gasteiger partial charge in [-0.25, -0.2) is 0 Å². The summed E-state index contributed by atoms with van der Waals surface area (Å²) in [4.78, 5) is 3.14. The molecule has 0 saturated heterocycles. The van der Waals surface area contributed by atoms with Crippen molar-refractivity contribution in [1.29, 1.82) is 0 Å². The Morgan fingerprint density at radius 2 is 2.09 bits per heavy atom. The molecule has 11 heavy (non-hydrogen) atoms. The fraction of sp³-hybridized carbons (Fsp3) is 0.556. The van der Waals surface area contributed by atoms with Crippen LogP contribution in [0.1, 0.15) is 32.0 Å². The van der Waals surface area contributed by atoms with Crippen molar-refractivity contribution in [3.8, 4) is 0 Å². The normalized spacial score (nSPS) is 12.0. The predicted octanol–water partition coefficient (Wildman–Crippen LogP) is 1.80. The van der Waals surface area contributed by atoms with Gasteiger partial charge in [0.1, 0.15) is 0 Å². The van der Waals surface area contributed by atoms with Crippen LogP contribution >= 0.6 is 0 Å². The number of aromatic nitrogens is 1. The molecule has 0 fully saturated rings. The highest BCUT2D eigenvalue weighted by Crippen LogP contribution is 2.21. The Labute approximate surface area is 67.3 Å². The van der Waals surface area contributed by atoms with E-state index in [0.29, 0.717) is 0 Å². The number of hydrogen-bond donors (Lipinski definition) is 2. The highest BCUT2D eigenvalue weighted by atomic mass is 16.3. The molecule has 1 rings (SSSR count). The third kappa shape index (κ3) is 1.84. The average molecular weight is 153 g/mol. The maximum absolute atomic E-state index is 8.80. The maximum Gasteiger partial charge on any atom is 0.0696 e. The first-order chi connectivity index (χ1) is 5.04. The van der Waals surface area contributed by atoms with Gasteiger partial charge in [-0.2, -0.15) is 0 Å². The number of aliphatic hydroxyl groups is 1. The van der Waals surface area contributed by atoms with Gasteiger partial charge in [-0.1, -0.05) is 20.8 Å². The Morgan fingerprint density at radius 3 is 2.36 bits per heavy atom. The molecule has 0 atom stereocenters. The summed E-state index contributed by atoms with van der Waals surface area (Å²) in [5, 5.41) is 8.80. The van der Waals surface area contributed by atoms with Crippen molar-refractivity contribution in [2.75, 3.05) is 0 Å². The summed E-state index contributed by atoms with van der Waals surface area (Å²) in [6.45, 7) is 6.53. The molecule has 0 aromatic carbocycles. The molecule has 1 heterocycles. The van der Waals surface area contributed by atoms with E-state index < -0.39 is 0 Å². The van der Waals surface area contributed by atoms with Gasteiger partial charge < -0.3 is 10.1 Å². The van der Waals surface area contributed by atoms with E-state index in [1.165, 1.54) is 5.69 Å². The Morgan fingerprint density at radius 1 is 1.45 bits per heavy atom. The number of H-pyrrole nitrogens is 1. The van der Waals surface area contributed by atoms with Crippen molar-refractivity contribution < 1.29 is 5.11 Å². The number of nitrogens with one attached hydrogen (secondary N) is 1. The molecule has 62 valence electrons. The van der Waals surface area contributed by atoms with Gasteiger partial charge in [0.2, 0.25) is 0 Å². The lowest BCUT2D eigenvalue weighted by Crippen LogP contribution is -2.10. The molecule has 0 aliphatic heterocycles. The van der Waals surface area contributed by atoms with E-state index in [-0.39, 0.29) is 12.0 Å². The minimum absolute atomic E-state index is 0.118. The molecule has 2 nitrogen and oxygen atoms in total. The van der Waals surface area contributed by atoms with E-state index in [1.54, 1.807) is 0 Å². The summed E-state index contributed by atoms with van der Waals surface area (Å²) in [5.41, 5.74) is 2.27. The summed E-state index contributed by atoms with van der Waals surface area (Å²) in [6.07, 6.45) is 1.85. The van der Waals surface area contributed by atoms with Crippen molar-refractivity contribution in [2.24, 2.45) is 0 Å². The lowest BCUT2D eigenvalue weighted by molar-refractivity contribution is 0.282. The third-order valence-electron chi connectivity index (χ3n) is 1.73. The fourth-order valence-electron chi connectivity index (χ4n) is 0.963. The standard InChI is InChI=1S/C9H15NO/c1-9(2,3)8-4-7(6-11)5-10-8/h4-5,10-11H,6H2,1-3H3. The van der Waals surface area contributed by atoms with Crippen LogP contribution in [0.15, 0.2) is 12.3 Å². The molecule has 0 bridgehead atoms. The monoisotopic (exact) mass is 153 g/mol. The van der Waals surface area contributed by atoms with Crippen LogP contribution in [0.5, 0.6) is 0 Å². The number of aromatic amines is 1. The smallest absolute Gasteiger partial charge is 0.0696 e. The van der Waals surface area contributed by atoms with E-state index in [2.05, 4.69) is 25.8 Å². The van der Waals surface area contributed by atoms with Gasteiger partial charge in [0.25, 0.3) is 0 Å². The lowest BCUT2D eigenvalue weighted by Gasteiger charge is -2.15. The van der Waals surface area contributed by atoms with Crippen LogP contribution in [0, 0.1) is 0 Å². The summed E-state index contributed by atoms with van der Waals surface area (Å²) >= 11 is 0. The SMILES string of the molecule is CC(C)(C)c1cc(CO)c[nH]1. The van der Waals surface area contributed by atoms with Gasteiger partial charge in [0.05, 0.1) is 6.61 Å². The lowest BCUT2D eigenvalue weighted by atomic mass is 9.92. The summed E-state index contributed by atoms with van der Waals surface area (Å²) in [6, 6.07) is 2.00. The molecule has 0 unspecified atom stereocenters. The van der Waals surface area contributed by atoms with Crippen molar-refractivity contribution in [3.05, 3.63) is 23.5 Å². The molecular weight excluding hydrogens is 138 g/mol. The maximum atomic E-state index is 8.80. The van der Waals surface area contributed by atoms with Crippen LogP contribution in [0.4, 0.5) is 0 Å². The zero-order valence-corrected chi connectivity index (χ0v) is 7.31. The van der Waals surface area contributed by atoms with Crippen LogP contribution in [-0.2, 0) is 12.0 Å². The van der Waals surface area contributed by atoms with Gasteiger partial charge in [0, 0.05) is 17.3 Å². The minimum atomic E-state index is 0.118. The van der Waals surface area contributed by atoms with E-state index in [9.17, 15) is 0 Å². The molecule has 0 saturated carbocycles. The van der Waals surface area contributed by atoms with Crippen LogP contribution in [0.3, 0.4) is 0 Å². The average Bonchev–Trinajstić information content (AvgIpc) is 2.32. The molecule has 1 aromatic heterocycles. The van der Waals surface area contributed by atoms with Crippen molar-refractivity contribution in [2.45, 2.75) is 32.8 Å². The molecule has 0 aliphatic carbocycles. The van der Waals surface area contributed by atoms with Crippen LogP contribution in [0.2, 0.25) is 0 Å². The quantitative estimate of drug-likeness (QED) is 0.634. The molecular formula is C9H15NO. The first-order valence-corrected chi connectivity index (χ1v) is 3.82. The number of rotatable bonds is 1. The molecule has 1 aromatic rings. The number of hydrogen-bond acceptors (Lipinski definition) is 1. The largest absolute Gasteiger partial charge is 0.392 e. The van der Waals surface area contributed by atoms with Crippen LogP contribution in [0.25, 0.3) is 0 Å². The van der Waals surface area contributed by atoms with E-state index >= 15 is 0 Å². The highest BCUT2D eigenvalue weighted by Gasteiger charge is 2.14. The molecule has 0 spiro atoms. The first kappa shape index (κ1) is 8.34. The minimum Gasteiger partial charge on any atom is -0.392 e. The van der Waals surface area contributed by atoms with Crippen LogP contribution in [-0.4, -0.2) is 10.1 Å². The van der Waals surface area contributed by atoms with E-state index in [1.807, 2.05) is 12.3 Å². The second-order valence-corrected chi connectivity index (χ2v) is 3.83. The van der Waals surface area contributed by atoms with E-state index in [0.717, 1.165) is 5.56 Å². The van der Waals surface area contributed by atoms with Gasteiger partial charge in [-0.3, -0.25) is 0 Å². The summed E-state index contributed by atoms with van der Waals surface area (Å²) in [5.74, 6) is 0. The Bertz CT molecular complexity index is 232. The van der Waals surface area contributed by atoms with Crippen molar-refractivity contribution in [3.63, 3.8) is 0 Å². The van der Waals surface area contributed by atoms with Crippen LogP contribution < -0.4 is 0 Å². The molecule has 0 amide bonds. The number of aliphatic hydroxyl groups excluding tert-OH is 1. The summed E-state index contributed by atoms with van der Waals surface area (Å²) < 4.78 is 0. The Balaban J connectivity index is 2.89. The second kappa shape index (κ2) is 2.70. The Kier molecular flexibility index (Phi) is 2.05. The van der Waals surface area contributed by atoms with Gasteiger partial charge >= 0.3 is 0 Å². The first-order valence-electron chi connectivity index (χ1n) is 3.82. The van der Waals surface area contributed by atoms with Crippen molar-refractivity contribution >= 4 is 0 Å². The van der Waals surface area contributed by atoms with Gasteiger partial charge in [-0.15, -0.1) is 0 Å². The van der Waals surface area contributed by atoms with Gasteiger partial charge in [0.15, 0.2) is 0 Å². The molecule has 0 radical (unpaired) electrons. The summed E-state index contributed by atoms with van der Waals surface area (Å²) in [7, 11) is 0.